The van der Waals surface area contributed by atoms with Gasteiger partial charge in [-0.05, 0) is 18.2 Å². The lowest BCUT2D eigenvalue weighted by Crippen LogP contribution is -2.30. The highest BCUT2D eigenvalue weighted by molar-refractivity contribution is 5.63. The molecule has 4 heteroatoms. The van der Waals surface area contributed by atoms with Gasteiger partial charge in [0.05, 0.1) is 20.3 Å². The minimum atomic E-state index is -1.67. The third kappa shape index (κ3) is 1.45. The van der Waals surface area contributed by atoms with E-state index in [1.807, 2.05) is 13.1 Å². The molecule has 15 heavy (non-hydrogen) atoms. The maximum Gasteiger partial charge on any atom is 0.178 e. The Kier molecular flexibility index (Phi) is 2.31. The molecule has 0 saturated carbocycles. The Morgan fingerprint density at radius 3 is 2.93 bits per heavy atom. The molecule has 0 spiro atoms. The molecule has 0 bridgehead atoms. The van der Waals surface area contributed by atoms with Crippen molar-refractivity contribution in [3.8, 4) is 5.75 Å². The molecule has 2 rings (SSSR count). The standard InChI is InChI=1S/C11H14FNO2/c1-13-6-11(12,7-14)9-5-8(15-2)3-4-10(9)13/h3-5,14H,6-7H2,1-2H3. The van der Waals surface area contributed by atoms with E-state index in [1.54, 1.807) is 24.1 Å². The van der Waals surface area contributed by atoms with Gasteiger partial charge in [0.1, 0.15) is 5.75 Å². The first-order valence-electron chi connectivity index (χ1n) is 4.80. The van der Waals surface area contributed by atoms with Gasteiger partial charge in [-0.25, -0.2) is 4.39 Å². The molecule has 1 N–H and O–H groups in total. The van der Waals surface area contributed by atoms with Crippen molar-refractivity contribution in [1.82, 2.24) is 0 Å². The van der Waals surface area contributed by atoms with Crippen LogP contribution in [0, 0.1) is 0 Å². The summed E-state index contributed by atoms with van der Waals surface area (Å²) in [5.74, 6) is 0.611. The summed E-state index contributed by atoms with van der Waals surface area (Å²) in [6, 6.07) is 5.25. The highest BCUT2D eigenvalue weighted by atomic mass is 19.1. The highest BCUT2D eigenvalue weighted by Gasteiger charge is 2.41. The molecule has 82 valence electrons. The maximum absolute atomic E-state index is 14.3. The number of alkyl halides is 1. The molecule has 1 heterocycles. The normalized spacial score (nSPS) is 24.1. The minimum Gasteiger partial charge on any atom is -0.497 e. The van der Waals surface area contributed by atoms with Gasteiger partial charge in [-0.1, -0.05) is 0 Å². The summed E-state index contributed by atoms with van der Waals surface area (Å²) >= 11 is 0. The molecule has 1 aromatic rings. The van der Waals surface area contributed by atoms with Gasteiger partial charge < -0.3 is 14.7 Å². The number of rotatable bonds is 2. The number of benzene rings is 1. The van der Waals surface area contributed by atoms with Crippen LogP contribution >= 0.6 is 0 Å². The van der Waals surface area contributed by atoms with Crippen molar-refractivity contribution in [2.24, 2.45) is 0 Å². The van der Waals surface area contributed by atoms with Gasteiger partial charge in [-0.2, -0.15) is 0 Å². The van der Waals surface area contributed by atoms with E-state index in [1.165, 1.54) is 0 Å². The summed E-state index contributed by atoms with van der Waals surface area (Å²) < 4.78 is 19.3. The molecule has 3 nitrogen and oxygen atoms in total. The Hall–Kier alpha value is -1.29. The number of halogens is 1. The zero-order valence-electron chi connectivity index (χ0n) is 8.83. The lowest BCUT2D eigenvalue weighted by atomic mass is 9.99. The summed E-state index contributed by atoms with van der Waals surface area (Å²) in [6.07, 6.45) is 0. The van der Waals surface area contributed by atoms with Gasteiger partial charge >= 0.3 is 0 Å². The Bertz CT molecular complexity index is 383. The van der Waals surface area contributed by atoms with E-state index in [4.69, 9.17) is 9.84 Å². The molecule has 1 aromatic carbocycles. The topological polar surface area (TPSA) is 32.7 Å². The SMILES string of the molecule is COc1ccc2c(c1)C(F)(CO)CN2C. The van der Waals surface area contributed by atoms with E-state index >= 15 is 0 Å². The molecule has 0 saturated heterocycles. The fourth-order valence-corrected chi connectivity index (χ4v) is 2.02. The van der Waals surface area contributed by atoms with Gasteiger partial charge in [-0.15, -0.1) is 0 Å². The summed E-state index contributed by atoms with van der Waals surface area (Å²) in [5, 5.41) is 9.11. The van der Waals surface area contributed by atoms with Crippen LogP contribution in [0.15, 0.2) is 18.2 Å². The van der Waals surface area contributed by atoms with Gasteiger partial charge in [0.15, 0.2) is 5.67 Å². The molecule has 1 unspecified atom stereocenters. The molecule has 0 radical (unpaired) electrons. The zero-order chi connectivity index (χ0) is 11.1. The predicted molar refractivity (Wildman–Crippen MR) is 56.1 cm³/mol. The number of ether oxygens (including phenoxy) is 1. The van der Waals surface area contributed by atoms with Crippen LogP contribution in [0.4, 0.5) is 10.1 Å². The number of aliphatic hydroxyl groups is 1. The van der Waals surface area contributed by atoms with Crippen molar-refractivity contribution in [2.45, 2.75) is 5.67 Å². The molecule has 0 amide bonds. The Morgan fingerprint density at radius 1 is 1.60 bits per heavy atom. The fourth-order valence-electron chi connectivity index (χ4n) is 2.02. The maximum atomic E-state index is 14.3. The first kappa shape index (κ1) is 10.2. The molecule has 0 aromatic heterocycles. The van der Waals surface area contributed by atoms with Crippen molar-refractivity contribution in [3.05, 3.63) is 23.8 Å². The number of hydrogen-bond acceptors (Lipinski definition) is 3. The third-order valence-corrected chi connectivity index (χ3v) is 2.84. The fraction of sp³-hybridized carbons (Fsp3) is 0.455. The van der Waals surface area contributed by atoms with Crippen molar-refractivity contribution < 1.29 is 14.2 Å². The molecular weight excluding hydrogens is 197 g/mol. The van der Waals surface area contributed by atoms with E-state index in [0.29, 0.717) is 11.3 Å². The second-order valence-corrected chi connectivity index (χ2v) is 3.86. The van der Waals surface area contributed by atoms with Crippen molar-refractivity contribution >= 4 is 5.69 Å². The second kappa shape index (κ2) is 3.38. The average Bonchev–Trinajstić information content (AvgIpc) is 2.52. The quantitative estimate of drug-likeness (QED) is 0.800. The smallest absolute Gasteiger partial charge is 0.178 e. The monoisotopic (exact) mass is 211 g/mol. The summed E-state index contributed by atoms with van der Waals surface area (Å²) in [5.41, 5.74) is -0.349. The van der Waals surface area contributed by atoms with Crippen LogP contribution in [0.2, 0.25) is 0 Å². The van der Waals surface area contributed by atoms with Crippen LogP contribution < -0.4 is 9.64 Å². The lowest BCUT2D eigenvalue weighted by molar-refractivity contribution is 0.0840. The van der Waals surface area contributed by atoms with Gasteiger partial charge in [-0.3, -0.25) is 0 Å². The van der Waals surface area contributed by atoms with E-state index in [2.05, 4.69) is 0 Å². The first-order chi connectivity index (χ1) is 7.10. The van der Waals surface area contributed by atoms with Crippen LogP contribution in [-0.4, -0.2) is 32.4 Å². The van der Waals surface area contributed by atoms with E-state index in [-0.39, 0.29) is 6.54 Å². The number of likely N-dealkylation sites (N-methyl/N-ethyl adjacent to an activating group) is 1. The van der Waals surface area contributed by atoms with Crippen LogP contribution in [0.3, 0.4) is 0 Å². The minimum absolute atomic E-state index is 0.187. The van der Waals surface area contributed by atoms with E-state index in [9.17, 15) is 4.39 Å². The lowest BCUT2D eigenvalue weighted by Gasteiger charge is -2.17. The van der Waals surface area contributed by atoms with Crippen LogP contribution in [0.1, 0.15) is 5.56 Å². The predicted octanol–water partition coefficient (Wildman–Crippen LogP) is 1.30. The van der Waals surface area contributed by atoms with Gasteiger partial charge in [0.25, 0.3) is 0 Å². The summed E-state index contributed by atoms with van der Waals surface area (Å²) in [4.78, 5) is 1.80. The molecule has 0 aliphatic carbocycles. The van der Waals surface area contributed by atoms with Crippen molar-refractivity contribution in [3.63, 3.8) is 0 Å². The average molecular weight is 211 g/mol. The van der Waals surface area contributed by atoms with Crippen LogP contribution in [0.25, 0.3) is 0 Å². The van der Waals surface area contributed by atoms with E-state index < -0.39 is 12.3 Å². The number of anilines is 1. The van der Waals surface area contributed by atoms with E-state index in [0.717, 1.165) is 5.69 Å². The Morgan fingerprint density at radius 2 is 2.33 bits per heavy atom. The molecule has 0 fully saturated rings. The van der Waals surface area contributed by atoms with Gasteiger partial charge in [0.2, 0.25) is 0 Å². The van der Waals surface area contributed by atoms with Gasteiger partial charge in [0, 0.05) is 18.3 Å². The molecule has 1 atom stereocenters. The second-order valence-electron chi connectivity index (χ2n) is 3.86. The molecular formula is C11H14FNO2. The molecule has 1 aliphatic rings. The highest BCUT2D eigenvalue weighted by Crippen LogP contribution is 2.42. The summed E-state index contributed by atoms with van der Waals surface area (Å²) in [7, 11) is 3.35. The number of fused-ring (bicyclic) bond motifs is 1. The van der Waals surface area contributed by atoms with Crippen LogP contribution in [0.5, 0.6) is 5.75 Å². The number of aliphatic hydroxyl groups excluding tert-OH is 1. The zero-order valence-corrected chi connectivity index (χ0v) is 8.83. The van der Waals surface area contributed by atoms with Crippen molar-refractivity contribution in [2.75, 3.05) is 32.2 Å². The number of nitrogens with zero attached hydrogens (tertiary/aromatic N) is 1. The van der Waals surface area contributed by atoms with Crippen molar-refractivity contribution in [1.29, 1.82) is 0 Å². The largest absolute Gasteiger partial charge is 0.497 e. The first-order valence-corrected chi connectivity index (χ1v) is 4.80. The Labute approximate surface area is 88.1 Å². The number of methoxy groups -OCH3 is 1. The third-order valence-electron chi connectivity index (χ3n) is 2.84. The summed E-state index contributed by atoms with van der Waals surface area (Å²) in [6.45, 7) is -0.316. The van der Waals surface area contributed by atoms with Crippen LogP contribution in [-0.2, 0) is 5.67 Å². The Balaban J connectivity index is 2.52. The number of hydrogen-bond donors (Lipinski definition) is 1. The molecule has 1 aliphatic heterocycles.